The molecule has 4 amide bonds. The van der Waals surface area contributed by atoms with Crippen LogP contribution in [0.3, 0.4) is 0 Å². The van der Waals surface area contributed by atoms with Crippen LogP contribution in [0.2, 0.25) is 0 Å². The smallest absolute Gasteiger partial charge is 0.252 e. The van der Waals surface area contributed by atoms with Crippen LogP contribution in [0.25, 0.3) is 0 Å². The van der Waals surface area contributed by atoms with Gasteiger partial charge in [-0.25, -0.2) is 0 Å². The van der Waals surface area contributed by atoms with Crippen LogP contribution in [0.5, 0.6) is 0 Å². The van der Waals surface area contributed by atoms with E-state index in [1.807, 2.05) is 0 Å². The predicted octanol–water partition coefficient (Wildman–Crippen LogP) is 17.4. The van der Waals surface area contributed by atoms with Gasteiger partial charge in [-0.05, 0) is 89.2 Å². The molecular weight excluding hydrogens is 865 g/mol. The zero-order valence-electron chi connectivity index (χ0n) is 46.2. The van der Waals surface area contributed by atoms with Gasteiger partial charge in [-0.1, -0.05) is 232 Å². The molecular formula is C62H110N4O4. The lowest BCUT2D eigenvalue weighted by atomic mass is 9.95. The Balaban J connectivity index is 2.90. The molecule has 402 valence electrons. The van der Waals surface area contributed by atoms with Crippen molar-refractivity contribution < 1.29 is 19.2 Å². The minimum absolute atomic E-state index is 0.138. The molecule has 0 fully saturated rings. The second-order valence-electron chi connectivity index (χ2n) is 20.4. The normalized spacial score (nSPS) is 11.5. The third-order valence-electron chi connectivity index (χ3n) is 13.7. The quantitative estimate of drug-likeness (QED) is 0.0384. The lowest BCUT2D eigenvalue weighted by Gasteiger charge is -2.17. The number of hydrogen-bond acceptors (Lipinski definition) is 4. The molecule has 0 aliphatic rings. The zero-order valence-corrected chi connectivity index (χ0v) is 46.2. The molecule has 8 heteroatoms. The molecule has 0 bridgehead atoms. The number of allylic oxidation sites excluding steroid dienone is 4. The van der Waals surface area contributed by atoms with Gasteiger partial charge in [-0.15, -0.1) is 0 Å². The summed E-state index contributed by atoms with van der Waals surface area (Å²) in [5.74, 6) is -1.56. The summed E-state index contributed by atoms with van der Waals surface area (Å²) >= 11 is 0. The van der Waals surface area contributed by atoms with E-state index >= 15 is 0 Å². The summed E-state index contributed by atoms with van der Waals surface area (Å²) in [5, 5.41) is 12.2. The molecule has 4 N–H and O–H groups in total. The fourth-order valence-electron chi connectivity index (χ4n) is 9.10. The summed E-state index contributed by atoms with van der Waals surface area (Å²) in [5.41, 5.74) is 0.554. The Morgan fingerprint density at radius 1 is 0.271 bits per heavy atom. The molecule has 70 heavy (non-hydrogen) atoms. The highest BCUT2D eigenvalue weighted by atomic mass is 16.2. The van der Waals surface area contributed by atoms with Gasteiger partial charge >= 0.3 is 0 Å². The second kappa shape index (κ2) is 49.2. The fourth-order valence-corrected chi connectivity index (χ4v) is 9.10. The van der Waals surface area contributed by atoms with Gasteiger partial charge in [0.15, 0.2) is 0 Å². The Morgan fingerprint density at radius 2 is 0.443 bits per heavy atom. The average Bonchev–Trinajstić information content (AvgIpc) is 3.36. The van der Waals surface area contributed by atoms with Gasteiger partial charge in [0.25, 0.3) is 23.6 Å². The molecule has 1 aromatic rings. The van der Waals surface area contributed by atoms with Crippen molar-refractivity contribution >= 4 is 23.6 Å². The Hall–Kier alpha value is -3.42. The molecule has 0 heterocycles. The minimum atomic E-state index is -0.391. The summed E-state index contributed by atoms with van der Waals surface area (Å²) in [6.07, 6.45) is 56.6. The maximum Gasteiger partial charge on any atom is 0.252 e. The Kier molecular flexibility index (Phi) is 45.4. The van der Waals surface area contributed by atoms with Gasteiger partial charge < -0.3 is 21.3 Å². The number of unbranched alkanes of at least 4 members (excludes halogenated alkanes) is 34. The number of benzene rings is 1. The number of carbonyl (C=O) groups excluding carboxylic acids is 4. The van der Waals surface area contributed by atoms with Gasteiger partial charge in [-0.2, -0.15) is 0 Å². The predicted molar refractivity (Wildman–Crippen MR) is 301 cm³/mol. The number of amides is 4. The highest BCUT2D eigenvalue weighted by Gasteiger charge is 2.26. The van der Waals surface area contributed by atoms with E-state index < -0.39 is 23.6 Å². The van der Waals surface area contributed by atoms with E-state index in [1.54, 1.807) is 0 Å². The molecule has 0 saturated heterocycles. The van der Waals surface area contributed by atoms with Crippen LogP contribution in [0, 0.1) is 0 Å². The van der Waals surface area contributed by atoms with E-state index in [-0.39, 0.29) is 22.3 Å². The van der Waals surface area contributed by atoms with Crippen molar-refractivity contribution in [2.45, 2.75) is 285 Å². The molecule has 0 spiro atoms. The first-order valence-electron chi connectivity index (χ1n) is 30.0. The first-order chi connectivity index (χ1) is 34.4. The Bertz CT molecular complexity index is 1380. The maximum absolute atomic E-state index is 14.0. The van der Waals surface area contributed by atoms with Crippen molar-refractivity contribution in [1.29, 1.82) is 0 Å². The average molecular weight is 976 g/mol. The van der Waals surface area contributed by atoms with E-state index in [4.69, 9.17) is 0 Å². The first-order valence-corrected chi connectivity index (χ1v) is 30.0. The minimum Gasteiger partial charge on any atom is -0.352 e. The fraction of sp³-hybridized carbons (Fsp3) is 0.774. The van der Waals surface area contributed by atoms with Crippen molar-refractivity contribution in [3.63, 3.8) is 0 Å². The summed E-state index contributed by atoms with van der Waals surface area (Å²) in [7, 11) is 0. The molecule has 0 saturated carbocycles. The second-order valence-corrected chi connectivity index (χ2v) is 20.4. The third-order valence-corrected chi connectivity index (χ3v) is 13.7. The molecule has 0 radical (unpaired) electrons. The largest absolute Gasteiger partial charge is 0.352 e. The van der Waals surface area contributed by atoms with Gasteiger partial charge in [0.05, 0.1) is 22.3 Å². The lowest BCUT2D eigenvalue weighted by molar-refractivity contribution is 0.0907. The summed E-state index contributed by atoms with van der Waals surface area (Å²) in [6, 6.07) is 2.98. The molecule has 0 atom stereocenters. The molecule has 1 rings (SSSR count). The van der Waals surface area contributed by atoms with Crippen molar-refractivity contribution in [3.8, 4) is 0 Å². The van der Waals surface area contributed by atoms with Crippen LogP contribution in [-0.2, 0) is 0 Å². The molecule has 0 unspecified atom stereocenters. The van der Waals surface area contributed by atoms with E-state index in [1.165, 1.54) is 179 Å². The first kappa shape index (κ1) is 64.6. The monoisotopic (exact) mass is 975 g/mol. The van der Waals surface area contributed by atoms with Gasteiger partial charge in [0.1, 0.15) is 0 Å². The molecule has 0 aromatic heterocycles. The van der Waals surface area contributed by atoms with E-state index in [2.05, 4.69) is 73.3 Å². The van der Waals surface area contributed by atoms with Crippen molar-refractivity contribution in [1.82, 2.24) is 21.3 Å². The SMILES string of the molecule is CCCCCCCC/C=C/CCCCCCCCNC(=O)c1cc(C(=O)NCCCCCCCC)c(C(=O)NCCCCCCCC/C=C/CCCCCCCC)cc1C(=O)NCCCCCCCC. The Labute approximate surface area is 431 Å². The van der Waals surface area contributed by atoms with Crippen LogP contribution in [0.1, 0.15) is 326 Å². The highest BCUT2D eigenvalue weighted by Crippen LogP contribution is 2.20. The summed E-state index contributed by atoms with van der Waals surface area (Å²) < 4.78 is 0. The molecule has 8 nitrogen and oxygen atoms in total. The van der Waals surface area contributed by atoms with Crippen molar-refractivity contribution in [2.75, 3.05) is 26.2 Å². The number of nitrogens with one attached hydrogen (secondary N) is 4. The number of rotatable bonds is 50. The van der Waals surface area contributed by atoms with Crippen LogP contribution in [0.4, 0.5) is 0 Å². The molecule has 1 aromatic carbocycles. The number of hydrogen-bond donors (Lipinski definition) is 4. The third kappa shape index (κ3) is 36.5. The number of carbonyl (C=O) groups is 4. The maximum atomic E-state index is 14.0. The Morgan fingerprint density at radius 3 is 0.643 bits per heavy atom. The van der Waals surface area contributed by atoms with Gasteiger partial charge in [-0.3, -0.25) is 19.2 Å². The molecule has 0 aliphatic carbocycles. The molecule has 0 aliphatic heterocycles. The van der Waals surface area contributed by atoms with Crippen LogP contribution < -0.4 is 21.3 Å². The van der Waals surface area contributed by atoms with Gasteiger partial charge in [0, 0.05) is 26.2 Å². The van der Waals surface area contributed by atoms with Crippen molar-refractivity contribution in [3.05, 3.63) is 58.7 Å². The van der Waals surface area contributed by atoms with E-state index in [0.717, 1.165) is 89.9 Å². The standard InChI is InChI=1S/C62H110N4O4/c1-5-9-13-17-21-23-25-27-29-31-33-35-37-39-43-47-51-65-61(69)57-53-56(60(68)64-50-46-42-20-16-12-8-4)58(54-55(57)59(67)63-49-45-41-19-15-11-7-3)62(70)66-52-48-44-40-38-36-34-32-30-28-26-24-22-18-14-10-6-2/h27-30,53-54H,5-26,31-52H2,1-4H3,(H,63,67)(H,64,68)(H,65,69)(H,66,70)/b29-27+,30-28+. The highest BCUT2D eigenvalue weighted by molar-refractivity contribution is 6.14. The van der Waals surface area contributed by atoms with Crippen molar-refractivity contribution in [2.24, 2.45) is 0 Å². The van der Waals surface area contributed by atoms with Gasteiger partial charge in [0.2, 0.25) is 0 Å². The van der Waals surface area contributed by atoms with E-state index in [0.29, 0.717) is 26.2 Å². The van der Waals surface area contributed by atoms with Crippen LogP contribution in [0.15, 0.2) is 36.4 Å². The summed E-state index contributed by atoms with van der Waals surface area (Å²) in [6.45, 7) is 10.9. The summed E-state index contributed by atoms with van der Waals surface area (Å²) in [4.78, 5) is 55.7. The zero-order chi connectivity index (χ0) is 50.8. The van der Waals surface area contributed by atoms with Crippen LogP contribution >= 0.6 is 0 Å². The lowest BCUT2D eigenvalue weighted by Crippen LogP contribution is -2.34. The topological polar surface area (TPSA) is 116 Å². The van der Waals surface area contributed by atoms with Crippen LogP contribution in [-0.4, -0.2) is 49.8 Å². The van der Waals surface area contributed by atoms with E-state index in [9.17, 15) is 19.2 Å².